The second-order valence-corrected chi connectivity index (χ2v) is 6.99. The highest BCUT2D eigenvalue weighted by atomic mass is 35.5. The predicted octanol–water partition coefficient (Wildman–Crippen LogP) is 4.87. The molecule has 4 nitrogen and oxygen atoms in total. The molecule has 0 fully saturated rings. The quantitative estimate of drug-likeness (QED) is 0.571. The largest absolute Gasteiger partial charge is 0.471 e. The van der Waals surface area contributed by atoms with Crippen LogP contribution in [0, 0.1) is 26.6 Å². The number of hydrogen-bond acceptors (Lipinski definition) is 4. The molecule has 0 atom stereocenters. The van der Waals surface area contributed by atoms with Gasteiger partial charge in [-0.1, -0.05) is 17.7 Å². The fourth-order valence-corrected chi connectivity index (χ4v) is 3.49. The van der Waals surface area contributed by atoms with Gasteiger partial charge < -0.3 is 14.1 Å². The zero-order valence-electron chi connectivity index (χ0n) is 14.7. The first-order valence-electron chi connectivity index (χ1n) is 8.26. The third-order valence-corrected chi connectivity index (χ3v) is 5.26. The maximum atomic E-state index is 13.9. The molecule has 3 aromatic rings. The summed E-state index contributed by atoms with van der Waals surface area (Å²) in [5.74, 6) is 0.233. The molecule has 1 aliphatic rings. The summed E-state index contributed by atoms with van der Waals surface area (Å²) < 4.78 is 25.3. The van der Waals surface area contributed by atoms with E-state index in [9.17, 15) is 9.18 Å². The predicted molar refractivity (Wildman–Crippen MR) is 99.8 cm³/mol. The molecule has 2 aromatic carbocycles. The third-order valence-electron chi connectivity index (χ3n) is 4.98. The van der Waals surface area contributed by atoms with Gasteiger partial charge in [0.15, 0.2) is 6.73 Å². The molecule has 0 unspecified atom stereocenters. The van der Waals surface area contributed by atoms with Gasteiger partial charge in [0.05, 0.1) is 17.1 Å². The van der Waals surface area contributed by atoms with Gasteiger partial charge in [0.25, 0.3) is 0 Å². The summed E-state index contributed by atoms with van der Waals surface area (Å²) in [5.41, 5.74) is 3.45. The van der Waals surface area contributed by atoms with Crippen LogP contribution in [0.2, 0.25) is 5.02 Å². The average Bonchev–Trinajstić information content (AvgIpc) is 2.63. The molecule has 1 aromatic heterocycles. The first-order chi connectivity index (χ1) is 12.4. The van der Waals surface area contributed by atoms with Gasteiger partial charge in [-0.25, -0.2) is 9.18 Å². The summed E-state index contributed by atoms with van der Waals surface area (Å²) in [6.07, 6.45) is 0. The SMILES string of the molecule is Cc1ccc(N2COc3c(Cl)cc4c(C)c(C)c(=O)oc4c3C2)cc1F. The lowest BCUT2D eigenvalue weighted by Gasteiger charge is -2.31. The van der Waals surface area contributed by atoms with Crippen molar-refractivity contribution in [2.45, 2.75) is 27.3 Å². The third kappa shape index (κ3) is 2.54. The molecular formula is C20H17ClFNO3. The van der Waals surface area contributed by atoms with Crippen molar-refractivity contribution < 1.29 is 13.5 Å². The van der Waals surface area contributed by atoms with E-state index in [1.807, 2.05) is 17.9 Å². The van der Waals surface area contributed by atoms with E-state index in [0.29, 0.717) is 45.3 Å². The number of fused-ring (bicyclic) bond motifs is 3. The number of benzene rings is 2. The van der Waals surface area contributed by atoms with Gasteiger partial charge in [-0.2, -0.15) is 0 Å². The Morgan fingerprint density at radius 2 is 1.92 bits per heavy atom. The lowest BCUT2D eigenvalue weighted by molar-refractivity contribution is 0.289. The average molecular weight is 374 g/mol. The first kappa shape index (κ1) is 16.9. The molecule has 1 aliphatic heterocycles. The van der Waals surface area contributed by atoms with Crippen LogP contribution in [-0.4, -0.2) is 6.73 Å². The van der Waals surface area contributed by atoms with Crippen molar-refractivity contribution in [2.24, 2.45) is 0 Å². The molecule has 2 heterocycles. The van der Waals surface area contributed by atoms with Gasteiger partial charge >= 0.3 is 5.63 Å². The molecule has 134 valence electrons. The van der Waals surface area contributed by atoms with Crippen molar-refractivity contribution in [1.29, 1.82) is 0 Å². The topological polar surface area (TPSA) is 42.7 Å². The van der Waals surface area contributed by atoms with Crippen LogP contribution in [0.4, 0.5) is 10.1 Å². The molecule has 0 spiro atoms. The molecule has 0 radical (unpaired) electrons. The van der Waals surface area contributed by atoms with Crippen LogP contribution in [-0.2, 0) is 6.54 Å². The van der Waals surface area contributed by atoms with E-state index in [0.717, 1.165) is 10.9 Å². The van der Waals surface area contributed by atoms with E-state index in [-0.39, 0.29) is 18.2 Å². The van der Waals surface area contributed by atoms with Gasteiger partial charge in [0, 0.05) is 16.6 Å². The highest BCUT2D eigenvalue weighted by Crippen LogP contribution is 2.40. The molecule has 0 saturated carbocycles. The van der Waals surface area contributed by atoms with Crippen LogP contribution >= 0.6 is 11.6 Å². The highest BCUT2D eigenvalue weighted by Gasteiger charge is 2.26. The van der Waals surface area contributed by atoms with Crippen molar-refractivity contribution in [3.05, 3.63) is 67.8 Å². The van der Waals surface area contributed by atoms with Crippen LogP contribution in [0.5, 0.6) is 5.75 Å². The Morgan fingerprint density at radius 1 is 1.15 bits per heavy atom. The second-order valence-electron chi connectivity index (χ2n) is 6.59. The lowest BCUT2D eigenvalue weighted by Crippen LogP contribution is -2.32. The number of nitrogens with zero attached hydrogens (tertiary/aromatic N) is 1. The Morgan fingerprint density at radius 3 is 2.65 bits per heavy atom. The van der Waals surface area contributed by atoms with Crippen LogP contribution in [0.15, 0.2) is 33.5 Å². The minimum absolute atomic E-state index is 0.232. The van der Waals surface area contributed by atoms with E-state index in [1.54, 1.807) is 26.0 Å². The summed E-state index contributed by atoms with van der Waals surface area (Å²) in [6, 6.07) is 6.80. The van der Waals surface area contributed by atoms with E-state index < -0.39 is 0 Å². The molecule has 0 bridgehead atoms. The highest BCUT2D eigenvalue weighted by molar-refractivity contribution is 6.33. The molecule has 0 aliphatic carbocycles. The van der Waals surface area contributed by atoms with E-state index >= 15 is 0 Å². The summed E-state index contributed by atoms with van der Waals surface area (Å²) in [6.45, 7) is 5.95. The fourth-order valence-electron chi connectivity index (χ4n) is 3.21. The fraction of sp³-hybridized carbons (Fsp3) is 0.250. The van der Waals surface area contributed by atoms with E-state index in [4.69, 9.17) is 20.8 Å². The zero-order valence-corrected chi connectivity index (χ0v) is 15.4. The van der Waals surface area contributed by atoms with E-state index in [1.165, 1.54) is 6.07 Å². The second kappa shape index (κ2) is 6.02. The zero-order chi connectivity index (χ0) is 18.6. The molecule has 4 rings (SSSR count). The Balaban J connectivity index is 1.88. The Kier molecular flexibility index (Phi) is 3.92. The Labute approximate surface area is 154 Å². The van der Waals surface area contributed by atoms with Crippen LogP contribution in [0.1, 0.15) is 22.3 Å². The van der Waals surface area contributed by atoms with Gasteiger partial charge in [0.2, 0.25) is 0 Å². The van der Waals surface area contributed by atoms with Crippen LogP contribution in [0.3, 0.4) is 0 Å². The maximum absolute atomic E-state index is 13.9. The number of rotatable bonds is 1. The van der Waals surface area contributed by atoms with E-state index in [2.05, 4.69) is 0 Å². The van der Waals surface area contributed by atoms with Crippen molar-refractivity contribution >= 4 is 28.3 Å². The summed E-state index contributed by atoms with van der Waals surface area (Å²) >= 11 is 6.40. The minimum Gasteiger partial charge on any atom is -0.471 e. The summed E-state index contributed by atoms with van der Waals surface area (Å²) in [7, 11) is 0. The monoisotopic (exact) mass is 373 g/mol. The molecule has 6 heteroatoms. The van der Waals surface area contributed by atoms with Crippen molar-refractivity contribution in [1.82, 2.24) is 0 Å². The number of anilines is 1. The Hall–Kier alpha value is -2.53. The molecular weight excluding hydrogens is 357 g/mol. The van der Waals surface area contributed by atoms with Gasteiger partial charge in [0.1, 0.15) is 17.1 Å². The molecule has 0 N–H and O–H groups in total. The lowest BCUT2D eigenvalue weighted by atomic mass is 10.0. The maximum Gasteiger partial charge on any atom is 0.339 e. The van der Waals surface area contributed by atoms with Crippen molar-refractivity contribution in [3.63, 3.8) is 0 Å². The van der Waals surface area contributed by atoms with Crippen LogP contribution in [0.25, 0.3) is 11.0 Å². The molecule has 0 amide bonds. The summed E-state index contributed by atoms with van der Waals surface area (Å²) in [5, 5.41) is 1.25. The number of hydrogen-bond donors (Lipinski definition) is 0. The normalized spacial score (nSPS) is 13.7. The first-order valence-corrected chi connectivity index (χ1v) is 8.64. The summed E-state index contributed by atoms with van der Waals surface area (Å²) in [4.78, 5) is 14.0. The van der Waals surface area contributed by atoms with Gasteiger partial charge in [-0.15, -0.1) is 0 Å². The molecule has 0 saturated heterocycles. The van der Waals surface area contributed by atoms with Gasteiger partial charge in [-0.05, 0) is 50.1 Å². The van der Waals surface area contributed by atoms with Crippen molar-refractivity contribution in [3.8, 4) is 5.75 Å². The number of halogens is 2. The molecule has 26 heavy (non-hydrogen) atoms. The standard InChI is InChI=1S/C20H17ClFNO3/c1-10-4-5-13(6-17(10)22)23-8-15-18-14(7-16(21)19(15)25-9-23)11(2)12(3)20(24)26-18/h4-7H,8-9H2,1-3H3. The van der Waals surface area contributed by atoms with Crippen LogP contribution < -0.4 is 15.3 Å². The minimum atomic E-state index is -0.377. The smallest absolute Gasteiger partial charge is 0.339 e. The van der Waals surface area contributed by atoms with Gasteiger partial charge in [-0.3, -0.25) is 0 Å². The number of aryl methyl sites for hydroxylation is 2. The Bertz CT molecular complexity index is 1110. The number of ether oxygens (including phenoxy) is 1. The van der Waals surface area contributed by atoms with Crippen molar-refractivity contribution in [2.75, 3.05) is 11.6 Å².